The molecule has 0 N–H and O–H groups in total. The van der Waals surface area contributed by atoms with E-state index in [9.17, 15) is 8.42 Å². The number of halogens is 2. The minimum Gasteiger partial charge on any atom is -0.301 e. The van der Waals surface area contributed by atoms with Gasteiger partial charge in [0.1, 0.15) is 0 Å². The van der Waals surface area contributed by atoms with Crippen LogP contribution in [-0.4, -0.2) is 54.9 Å². The fraction of sp³-hybridized carbons (Fsp3) is 0.333. The van der Waals surface area contributed by atoms with Gasteiger partial charge < -0.3 is 4.90 Å². The normalized spacial score (nSPS) is 16.5. The van der Waals surface area contributed by atoms with Crippen LogP contribution >= 0.6 is 27.5 Å². The van der Waals surface area contributed by atoms with Gasteiger partial charge in [-0.2, -0.15) is 0 Å². The molecule has 0 atom stereocenters. The van der Waals surface area contributed by atoms with Crippen LogP contribution in [0, 0.1) is 0 Å². The Hall–Kier alpha value is -1.38. The van der Waals surface area contributed by atoms with Crippen molar-refractivity contribution in [1.29, 1.82) is 0 Å². The van der Waals surface area contributed by atoms with Crippen molar-refractivity contribution < 1.29 is 8.42 Å². The third kappa shape index (κ3) is 4.25. The quantitative estimate of drug-likeness (QED) is 0.524. The molecule has 0 bridgehead atoms. The Labute approximate surface area is 185 Å². The van der Waals surface area contributed by atoms with Gasteiger partial charge in [-0.1, -0.05) is 34.5 Å². The van der Waals surface area contributed by atoms with Crippen LogP contribution in [-0.2, 0) is 16.6 Å². The van der Waals surface area contributed by atoms with Gasteiger partial charge in [-0.15, -0.1) is 0 Å². The molecule has 154 valence electrons. The van der Waals surface area contributed by atoms with Crippen LogP contribution < -0.4 is 0 Å². The van der Waals surface area contributed by atoms with Crippen LogP contribution in [0.1, 0.15) is 12.5 Å². The number of benzene rings is 2. The lowest BCUT2D eigenvalue weighted by molar-refractivity contribution is 0.132. The molecule has 5 nitrogen and oxygen atoms in total. The molecule has 4 rings (SSSR count). The lowest BCUT2D eigenvalue weighted by atomic mass is 10.2. The fourth-order valence-corrected chi connectivity index (χ4v) is 5.71. The first-order valence-electron chi connectivity index (χ1n) is 9.64. The summed E-state index contributed by atoms with van der Waals surface area (Å²) in [7, 11) is -3.71. The van der Waals surface area contributed by atoms with E-state index in [0.29, 0.717) is 17.1 Å². The molecule has 0 amide bonds. The summed E-state index contributed by atoms with van der Waals surface area (Å²) in [5, 5.41) is 1.47. The molecule has 29 heavy (non-hydrogen) atoms. The highest BCUT2D eigenvalue weighted by Crippen LogP contribution is 2.28. The van der Waals surface area contributed by atoms with Crippen molar-refractivity contribution in [2.75, 3.05) is 32.7 Å². The van der Waals surface area contributed by atoms with E-state index in [1.165, 1.54) is 3.97 Å². The Morgan fingerprint density at radius 2 is 1.72 bits per heavy atom. The van der Waals surface area contributed by atoms with Crippen molar-refractivity contribution in [3.63, 3.8) is 0 Å². The van der Waals surface area contributed by atoms with E-state index in [2.05, 4.69) is 32.7 Å². The first-order valence-corrected chi connectivity index (χ1v) is 12.2. The molecule has 1 saturated heterocycles. The number of likely N-dealkylation sites (N-methyl/N-ethyl adjacent to an activating group) is 1. The predicted octanol–water partition coefficient (Wildman–Crippen LogP) is 4.43. The maximum Gasteiger partial charge on any atom is 0.268 e. The molecule has 0 unspecified atom stereocenters. The topological polar surface area (TPSA) is 45.6 Å². The Balaban J connectivity index is 1.63. The van der Waals surface area contributed by atoms with Crippen LogP contribution in [0.3, 0.4) is 0 Å². The summed E-state index contributed by atoms with van der Waals surface area (Å²) in [5.41, 5.74) is 1.50. The molecule has 1 fully saturated rings. The molecule has 0 saturated carbocycles. The molecule has 3 aromatic rings. The van der Waals surface area contributed by atoms with Gasteiger partial charge in [-0.05, 0) is 54.6 Å². The molecule has 0 spiro atoms. The molecule has 2 aromatic carbocycles. The van der Waals surface area contributed by atoms with Gasteiger partial charge in [-0.25, -0.2) is 12.4 Å². The number of rotatable bonds is 5. The monoisotopic (exact) mass is 495 g/mol. The Morgan fingerprint density at radius 1 is 1.00 bits per heavy atom. The minimum atomic E-state index is -3.71. The molecule has 1 aliphatic rings. The van der Waals surface area contributed by atoms with Gasteiger partial charge >= 0.3 is 0 Å². The third-order valence-corrected chi connectivity index (χ3v) is 8.04. The highest BCUT2D eigenvalue weighted by Gasteiger charge is 2.22. The van der Waals surface area contributed by atoms with Crippen molar-refractivity contribution in [3.05, 3.63) is 63.7 Å². The lowest BCUT2D eigenvalue weighted by Gasteiger charge is -2.34. The van der Waals surface area contributed by atoms with Crippen LogP contribution in [0.5, 0.6) is 0 Å². The van der Waals surface area contributed by atoms with Gasteiger partial charge in [-0.3, -0.25) is 4.90 Å². The number of piperazine rings is 1. The smallest absolute Gasteiger partial charge is 0.268 e. The van der Waals surface area contributed by atoms with Crippen LogP contribution in [0.2, 0.25) is 5.02 Å². The zero-order chi connectivity index (χ0) is 20.6. The first kappa shape index (κ1) is 20.9. The number of nitrogens with zero attached hydrogens (tertiary/aromatic N) is 3. The zero-order valence-electron chi connectivity index (χ0n) is 16.2. The Bertz CT molecular complexity index is 1140. The van der Waals surface area contributed by atoms with Gasteiger partial charge in [0.15, 0.2) is 0 Å². The largest absolute Gasteiger partial charge is 0.301 e. The summed E-state index contributed by atoms with van der Waals surface area (Å²) in [6, 6.07) is 12.4. The summed E-state index contributed by atoms with van der Waals surface area (Å²) >= 11 is 9.84. The first-order chi connectivity index (χ1) is 13.9. The molecule has 8 heteroatoms. The number of aromatic nitrogens is 1. The van der Waals surface area contributed by atoms with Crippen molar-refractivity contribution in [3.8, 4) is 0 Å². The molecule has 0 radical (unpaired) electrons. The van der Waals surface area contributed by atoms with Gasteiger partial charge in [0.25, 0.3) is 10.0 Å². The fourth-order valence-electron chi connectivity index (χ4n) is 3.75. The Morgan fingerprint density at radius 3 is 2.45 bits per heavy atom. The average molecular weight is 497 g/mol. The predicted molar refractivity (Wildman–Crippen MR) is 121 cm³/mol. The van der Waals surface area contributed by atoms with E-state index in [1.807, 2.05) is 18.2 Å². The van der Waals surface area contributed by atoms with Crippen LogP contribution in [0.25, 0.3) is 10.9 Å². The molecule has 1 aliphatic heterocycles. The second-order valence-corrected chi connectivity index (χ2v) is 10.4. The van der Waals surface area contributed by atoms with E-state index in [0.717, 1.165) is 48.1 Å². The standard InChI is InChI=1S/C21H23BrClN3O2S/c1-2-24-9-11-25(12-10-24)15-17-14-19(4-5-20(17)23)29(27,28)26-8-7-16-13-18(22)3-6-21(16)26/h3-8,13-14H,2,9-12,15H2,1H3. The van der Waals surface area contributed by atoms with E-state index in [1.54, 1.807) is 30.5 Å². The summed E-state index contributed by atoms with van der Waals surface area (Å²) < 4.78 is 28.9. The molecular weight excluding hydrogens is 474 g/mol. The van der Waals surface area contributed by atoms with Gasteiger partial charge in [0.2, 0.25) is 0 Å². The van der Waals surface area contributed by atoms with E-state index < -0.39 is 10.0 Å². The molecular formula is C21H23BrClN3O2S. The lowest BCUT2D eigenvalue weighted by Crippen LogP contribution is -2.45. The van der Waals surface area contributed by atoms with Crippen LogP contribution in [0.15, 0.2) is 58.0 Å². The van der Waals surface area contributed by atoms with Crippen molar-refractivity contribution >= 4 is 48.5 Å². The molecule has 1 aromatic heterocycles. The zero-order valence-corrected chi connectivity index (χ0v) is 19.3. The van der Waals surface area contributed by atoms with Crippen molar-refractivity contribution in [2.24, 2.45) is 0 Å². The highest BCUT2D eigenvalue weighted by atomic mass is 79.9. The summed E-state index contributed by atoms with van der Waals surface area (Å²) in [6.45, 7) is 7.85. The average Bonchev–Trinajstić information content (AvgIpc) is 3.14. The van der Waals surface area contributed by atoms with Crippen molar-refractivity contribution in [2.45, 2.75) is 18.4 Å². The third-order valence-electron chi connectivity index (χ3n) is 5.50. The summed E-state index contributed by atoms with van der Waals surface area (Å²) in [6.07, 6.45) is 1.60. The number of hydrogen-bond donors (Lipinski definition) is 0. The number of hydrogen-bond acceptors (Lipinski definition) is 4. The SMILES string of the molecule is CCN1CCN(Cc2cc(S(=O)(=O)n3ccc4cc(Br)ccc43)ccc2Cl)CC1. The van der Waals surface area contributed by atoms with E-state index in [4.69, 9.17) is 11.6 Å². The van der Waals surface area contributed by atoms with Gasteiger partial charge in [0, 0.05) is 53.8 Å². The maximum atomic E-state index is 13.3. The van der Waals surface area contributed by atoms with Gasteiger partial charge in [0.05, 0.1) is 10.4 Å². The minimum absolute atomic E-state index is 0.254. The maximum absolute atomic E-state index is 13.3. The summed E-state index contributed by atoms with van der Waals surface area (Å²) in [5.74, 6) is 0. The Kier molecular flexibility index (Phi) is 6.04. The van der Waals surface area contributed by atoms with Crippen LogP contribution in [0.4, 0.5) is 0 Å². The molecule has 2 heterocycles. The van der Waals surface area contributed by atoms with E-state index >= 15 is 0 Å². The van der Waals surface area contributed by atoms with Crippen molar-refractivity contribution in [1.82, 2.24) is 13.8 Å². The number of fused-ring (bicyclic) bond motifs is 1. The second kappa shape index (κ2) is 8.40. The second-order valence-electron chi connectivity index (χ2n) is 7.28. The molecule has 0 aliphatic carbocycles. The van der Waals surface area contributed by atoms with E-state index in [-0.39, 0.29) is 4.90 Å². The summed E-state index contributed by atoms with van der Waals surface area (Å²) in [4.78, 5) is 4.99. The highest BCUT2D eigenvalue weighted by molar-refractivity contribution is 9.10.